The second-order valence-electron chi connectivity index (χ2n) is 7.78. The van der Waals surface area contributed by atoms with Crippen molar-refractivity contribution >= 4 is 29.1 Å². The summed E-state index contributed by atoms with van der Waals surface area (Å²) < 4.78 is 11.4. The van der Waals surface area contributed by atoms with Crippen LogP contribution in [-0.2, 0) is 0 Å². The Labute approximate surface area is 194 Å². The molecular formula is C24H31N3O4S. The maximum atomic E-state index is 12.4. The molecule has 7 nitrogen and oxygen atoms in total. The van der Waals surface area contributed by atoms with Gasteiger partial charge in [-0.1, -0.05) is 26.8 Å². The molecule has 2 rings (SSSR count). The van der Waals surface area contributed by atoms with E-state index in [1.807, 2.05) is 13.8 Å². The zero-order chi connectivity index (χ0) is 23.5. The first-order valence-corrected chi connectivity index (χ1v) is 11.1. The third kappa shape index (κ3) is 8.55. The van der Waals surface area contributed by atoms with Crippen molar-refractivity contribution in [1.82, 2.24) is 16.2 Å². The minimum atomic E-state index is -0.408. The average molecular weight is 458 g/mol. The Morgan fingerprint density at radius 2 is 1.66 bits per heavy atom. The van der Waals surface area contributed by atoms with E-state index in [9.17, 15) is 9.59 Å². The largest absolute Gasteiger partial charge is 0.494 e. The first kappa shape index (κ1) is 25.1. The Morgan fingerprint density at radius 3 is 2.31 bits per heavy atom. The van der Waals surface area contributed by atoms with Crippen LogP contribution in [-0.4, -0.2) is 29.6 Å². The fraction of sp³-hybridized carbons (Fsp3) is 0.375. The fourth-order valence-electron chi connectivity index (χ4n) is 2.53. The first-order valence-electron chi connectivity index (χ1n) is 10.7. The van der Waals surface area contributed by atoms with E-state index in [4.69, 9.17) is 21.7 Å². The molecule has 172 valence electrons. The number of benzene rings is 2. The van der Waals surface area contributed by atoms with Crippen LogP contribution in [0.15, 0.2) is 48.5 Å². The van der Waals surface area contributed by atoms with Crippen LogP contribution in [0.4, 0.5) is 0 Å². The SMILES string of the molecule is CCC(C)Oc1cccc(C(=O)NC(=S)NNC(=O)c2ccc(OCCC(C)C)cc2)c1. The van der Waals surface area contributed by atoms with Crippen molar-refractivity contribution in [2.45, 2.75) is 46.6 Å². The molecule has 0 fully saturated rings. The molecule has 0 heterocycles. The van der Waals surface area contributed by atoms with Crippen molar-refractivity contribution in [3.8, 4) is 11.5 Å². The molecule has 0 aromatic heterocycles. The maximum Gasteiger partial charge on any atom is 0.269 e. The minimum Gasteiger partial charge on any atom is -0.494 e. The molecule has 0 bridgehead atoms. The Hall–Kier alpha value is -3.13. The number of amides is 2. The van der Waals surface area contributed by atoms with Gasteiger partial charge in [0.25, 0.3) is 11.8 Å². The van der Waals surface area contributed by atoms with Gasteiger partial charge < -0.3 is 9.47 Å². The van der Waals surface area contributed by atoms with Gasteiger partial charge in [-0.05, 0) is 80.4 Å². The van der Waals surface area contributed by atoms with E-state index in [0.29, 0.717) is 35.2 Å². The van der Waals surface area contributed by atoms with Gasteiger partial charge in [-0.2, -0.15) is 0 Å². The highest BCUT2D eigenvalue weighted by atomic mass is 32.1. The lowest BCUT2D eigenvalue weighted by atomic mass is 10.1. The molecule has 0 aliphatic heterocycles. The van der Waals surface area contributed by atoms with Crippen molar-refractivity contribution in [1.29, 1.82) is 0 Å². The number of carbonyl (C=O) groups is 2. The lowest BCUT2D eigenvalue weighted by Crippen LogP contribution is -2.48. The lowest BCUT2D eigenvalue weighted by molar-refractivity contribution is 0.0934. The maximum absolute atomic E-state index is 12.4. The van der Waals surface area contributed by atoms with Crippen LogP contribution < -0.4 is 25.6 Å². The zero-order valence-corrected chi connectivity index (χ0v) is 19.8. The molecule has 8 heteroatoms. The molecule has 0 saturated carbocycles. The monoisotopic (exact) mass is 457 g/mol. The van der Waals surface area contributed by atoms with Crippen LogP contribution in [0.25, 0.3) is 0 Å². The molecule has 0 spiro atoms. The van der Waals surface area contributed by atoms with Gasteiger partial charge in [-0.15, -0.1) is 0 Å². The molecule has 2 aromatic carbocycles. The highest BCUT2D eigenvalue weighted by Crippen LogP contribution is 2.16. The second-order valence-corrected chi connectivity index (χ2v) is 8.19. The second kappa shape index (κ2) is 12.7. The number of carbonyl (C=O) groups excluding carboxylic acids is 2. The van der Waals surface area contributed by atoms with Gasteiger partial charge in [0.15, 0.2) is 5.11 Å². The third-order valence-corrected chi connectivity index (χ3v) is 4.81. The summed E-state index contributed by atoms with van der Waals surface area (Å²) in [6.07, 6.45) is 1.87. The Kier molecular flexibility index (Phi) is 9.94. The van der Waals surface area contributed by atoms with Crippen LogP contribution in [0.2, 0.25) is 0 Å². The highest BCUT2D eigenvalue weighted by Gasteiger charge is 2.11. The molecule has 2 amide bonds. The smallest absolute Gasteiger partial charge is 0.269 e. The van der Waals surface area contributed by atoms with Gasteiger partial charge in [0, 0.05) is 11.1 Å². The van der Waals surface area contributed by atoms with E-state index in [1.54, 1.807) is 48.5 Å². The molecule has 0 aliphatic rings. The average Bonchev–Trinajstić information content (AvgIpc) is 2.77. The van der Waals surface area contributed by atoms with Crippen LogP contribution in [0.1, 0.15) is 61.3 Å². The van der Waals surface area contributed by atoms with E-state index < -0.39 is 5.91 Å². The van der Waals surface area contributed by atoms with Gasteiger partial charge in [0.2, 0.25) is 0 Å². The summed E-state index contributed by atoms with van der Waals surface area (Å²) in [5.74, 6) is 1.08. The van der Waals surface area contributed by atoms with Crippen LogP contribution in [0, 0.1) is 5.92 Å². The molecule has 0 saturated heterocycles. The topological polar surface area (TPSA) is 88.7 Å². The summed E-state index contributed by atoms with van der Waals surface area (Å²) in [7, 11) is 0. The number of hydrogen-bond donors (Lipinski definition) is 3. The minimum absolute atomic E-state index is 0.0229. The molecule has 1 unspecified atom stereocenters. The molecule has 2 aromatic rings. The Balaban J connectivity index is 1.81. The van der Waals surface area contributed by atoms with E-state index in [1.165, 1.54) is 0 Å². The number of rotatable bonds is 9. The number of ether oxygens (including phenoxy) is 2. The highest BCUT2D eigenvalue weighted by molar-refractivity contribution is 7.80. The molecular weight excluding hydrogens is 426 g/mol. The number of thiocarbonyl (C=S) groups is 1. The summed E-state index contributed by atoms with van der Waals surface area (Å²) >= 11 is 5.10. The third-order valence-electron chi connectivity index (χ3n) is 4.61. The van der Waals surface area contributed by atoms with Crippen molar-refractivity contribution in [3.63, 3.8) is 0 Å². The molecule has 0 aliphatic carbocycles. The summed E-state index contributed by atoms with van der Waals surface area (Å²) in [6.45, 7) is 8.88. The summed E-state index contributed by atoms with van der Waals surface area (Å²) in [5.41, 5.74) is 5.83. The van der Waals surface area contributed by atoms with Crippen LogP contribution in [0.5, 0.6) is 11.5 Å². The predicted molar refractivity (Wildman–Crippen MR) is 129 cm³/mol. The standard InChI is InChI=1S/C24H31N3O4S/c1-5-17(4)31-21-8-6-7-19(15-21)22(28)25-24(32)27-26-23(29)18-9-11-20(12-10-18)30-14-13-16(2)3/h6-12,15-17H,5,13-14H2,1-4H3,(H,26,29)(H2,25,27,28,32). The zero-order valence-electron chi connectivity index (χ0n) is 18.9. The van der Waals surface area contributed by atoms with Gasteiger partial charge in [0.1, 0.15) is 11.5 Å². The fourth-order valence-corrected chi connectivity index (χ4v) is 2.68. The van der Waals surface area contributed by atoms with Gasteiger partial charge in [-0.3, -0.25) is 25.8 Å². The van der Waals surface area contributed by atoms with Gasteiger partial charge in [0.05, 0.1) is 12.7 Å². The first-order chi connectivity index (χ1) is 15.3. The van der Waals surface area contributed by atoms with Crippen molar-refractivity contribution < 1.29 is 19.1 Å². The van der Waals surface area contributed by atoms with E-state index in [2.05, 4.69) is 30.0 Å². The molecule has 0 radical (unpaired) electrons. The van der Waals surface area contributed by atoms with Crippen molar-refractivity contribution in [2.24, 2.45) is 5.92 Å². The molecule has 1 atom stereocenters. The Bertz CT molecular complexity index is 916. The van der Waals surface area contributed by atoms with E-state index >= 15 is 0 Å². The lowest BCUT2D eigenvalue weighted by Gasteiger charge is -2.14. The molecule has 3 N–H and O–H groups in total. The van der Waals surface area contributed by atoms with Gasteiger partial charge in [-0.25, -0.2) is 0 Å². The van der Waals surface area contributed by atoms with Crippen LogP contribution in [0.3, 0.4) is 0 Å². The summed E-state index contributed by atoms with van der Waals surface area (Å²) in [5, 5.41) is 2.51. The number of hydrogen-bond acceptors (Lipinski definition) is 5. The normalized spacial score (nSPS) is 11.4. The van der Waals surface area contributed by atoms with Crippen LogP contribution >= 0.6 is 12.2 Å². The quantitative estimate of drug-likeness (QED) is 0.386. The summed E-state index contributed by atoms with van der Waals surface area (Å²) in [6, 6.07) is 13.6. The van der Waals surface area contributed by atoms with E-state index in [-0.39, 0.29) is 17.1 Å². The van der Waals surface area contributed by atoms with E-state index in [0.717, 1.165) is 12.8 Å². The summed E-state index contributed by atoms with van der Waals surface area (Å²) in [4.78, 5) is 24.7. The Morgan fingerprint density at radius 1 is 0.938 bits per heavy atom. The number of nitrogens with one attached hydrogen (secondary N) is 3. The molecule has 32 heavy (non-hydrogen) atoms. The number of hydrazine groups is 1. The van der Waals surface area contributed by atoms with Crippen molar-refractivity contribution in [2.75, 3.05) is 6.61 Å². The predicted octanol–water partition coefficient (Wildman–Crippen LogP) is 4.24. The van der Waals surface area contributed by atoms with Gasteiger partial charge >= 0.3 is 0 Å². The van der Waals surface area contributed by atoms with Crippen molar-refractivity contribution in [3.05, 3.63) is 59.7 Å².